The summed E-state index contributed by atoms with van der Waals surface area (Å²) >= 11 is 0. The van der Waals surface area contributed by atoms with Gasteiger partial charge >= 0.3 is 0 Å². The Morgan fingerprint density at radius 3 is 2.64 bits per heavy atom. The lowest BCUT2D eigenvalue weighted by atomic mass is 9.82. The van der Waals surface area contributed by atoms with Crippen molar-refractivity contribution in [1.29, 1.82) is 0 Å². The molecule has 154 valence electrons. The number of amides is 1. The third kappa shape index (κ3) is 4.02. The highest BCUT2D eigenvalue weighted by atomic mass is 16.2. The number of piperidine rings is 2. The number of carbonyl (C=O) groups excluding carboxylic acids is 1. The van der Waals surface area contributed by atoms with Crippen LogP contribution in [0.25, 0.3) is 0 Å². The number of nitrogens with zero attached hydrogens (tertiary/aromatic N) is 4. The first-order valence-electron chi connectivity index (χ1n) is 10.5. The first kappa shape index (κ1) is 19.6. The number of likely N-dealkylation sites (N-methyl/N-ethyl adjacent to an activating group) is 1. The molecule has 7 heteroatoms. The zero-order valence-corrected chi connectivity index (χ0v) is 17.4. The molecular formula is C21H33N5O2. The minimum atomic E-state index is -0.146. The van der Waals surface area contributed by atoms with Gasteiger partial charge < -0.3 is 19.7 Å². The van der Waals surface area contributed by atoms with Gasteiger partial charge in [-0.15, -0.1) is 0 Å². The number of aromatic nitrogens is 1. The number of anilines is 1. The van der Waals surface area contributed by atoms with Crippen LogP contribution in [0.4, 0.5) is 5.69 Å². The Morgan fingerprint density at radius 1 is 1.18 bits per heavy atom. The number of fused-ring (bicyclic) bond motifs is 4. The van der Waals surface area contributed by atoms with Gasteiger partial charge in [0, 0.05) is 37.3 Å². The average Bonchev–Trinajstić information content (AvgIpc) is 2.64. The standard InChI is InChI=1S/C21H33N5O2/c1-23(2)14-20(27)22-18-4-5-19-16-10-15(12-26(19)21(18)28)11-25(13-16)17-6-8-24(3)9-7-17/h4-5,15-17H,6-14H2,1-3H3,(H,22,27). The van der Waals surface area contributed by atoms with Gasteiger partial charge in [-0.2, -0.15) is 0 Å². The van der Waals surface area contributed by atoms with Crippen LogP contribution in [0.1, 0.15) is 30.9 Å². The third-order valence-electron chi connectivity index (χ3n) is 6.57. The molecular weight excluding hydrogens is 354 g/mol. The van der Waals surface area contributed by atoms with Crippen LogP contribution in [-0.2, 0) is 11.3 Å². The minimum absolute atomic E-state index is 0.0490. The van der Waals surface area contributed by atoms with E-state index in [-0.39, 0.29) is 18.0 Å². The summed E-state index contributed by atoms with van der Waals surface area (Å²) in [7, 11) is 5.89. The summed E-state index contributed by atoms with van der Waals surface area (Å²) in [6.07, 6.45) is 3.67. The van der Waals surface area contributed by atoms with E-state index >= 15 is 0 Å². The lowest BCUT2D eigenvalue weighted by molar-refractivity contribution is -0.116. The van der Waals surface area contributed by atoms with Crippen molar-refractivity contribution in [1.82, 2.24) is 19.3 Å². The molecule has 0 radical (unpaired) electrons. The number of rotatable bonds is 4. The molecule has 3 aliphatic heterocycles. The molecule has 2 unspecified atom stereocenters. The molecule has 0 aromatic carbocycles. The Balaban J connectivity index is 1.50. The van der Waals surface area contributed by atoms with Gasteiger partial charge in [-0.1, -0.05) is 0 Å². The summed E-state index contributed by atoms with van der Waals surface area (Å²) in [6, 6.07) is 4.55. The van der Waals surface area contributed by atoms with Crippen molar-refractivity contribution in [3.05, 3.63) is 28.2 Å². The summed E-state index contributed by atoms with van der Waals surface area (Å²) in [6.45, 7) is 5.55. The van der Waals surface area contributed by atoms with E-state index in [1.165, 1.54) is 32.4 Å². The van der Waals surface area contributed by atoms with E-state index in [2.05, 4.69) is 28.2 Å². The Morgan fingerprint density at radius 2 is 1.93 bits per heavy atom. The Kier molecular flexibility index (Phi) is 5.58. The molecule has 0 aliphatic carbocycles. The van der Waals surface area contributed by atoms with Gasteiger partial charge in [-0.3, -0.25) is 14.5 Å². The molecule has 0 spiro atoms. The number of pyridine rings is 1. The van der Waals surface area contributed by atoms with Crippen molar-refractivity contribution in [2.45, 2.75) is 37.8 Å². The highest BCUT2D eigenvalue weighted by molar-refractivity contribution is 5.92. The predicted octanol–water partition coefficient (Wildman–Crippen LogP) is 0.862. The number of hydrogen-bond acceptors (Lipinski definition) is 5. The van der Waals surface area contributed by atoms with Crippen molar-refractivity contribution in [3.8, 4) is 0 Å². The molecule has 7 nitrogen and oxygen atoms in total. The summed E-state index contributed by atoms with van der Waals surface area (Å²) in [5.41, 5.74) is 1.50. The van der Waals surface area contributed by atoms with Crippen LogP contribution in [0, 0.1) is 5.92 Å². The average molecular weight is 388 g/mol. The van der Waals surface area contributed by atoms with E-state index in [1.54, 1.807) is 11.0 Å². The Labute approximate surface area is 167 Å². The van der Waals surface area contributed by atoms with Crippen LogP contribution in [0.15, 0.2) is 16.9 Å². The number of carbonyl (C=O) groups is 1. The summed E-state index contributed by atoms with van der Waals surface area (Å²) < 4.78 is 1.93. The fraction of sp³-hybridized carbons (Fsp3) is 0.714. The van der Waals surface area contributed by atoms with E-state index in [0.717, 1.165) is 25.3 Å². The predicted molar refractivity (Wildman–Crippen MR) is 111 cm³/mol. The van der Waals surface area contributed by atoms with Crippen molar-refractivity contribution in [2.75, 3.05) is 59.2 Å². The minimum Gasteiger partial charge on any atom is -0.320 e. The molecule has 4 heterocycles. The molecule has 0 saturated carbocycles. The highest BCUT2D eigenvalue weighted by Gasteiger charge is 2.37. The second-order valence-electron chi connectivity index (χ2n) is 9.16. The number of hydrogen-bond donors (Lipinski definition) is 1. The topological polar surface area (TPSA) is 60.8 Å². The number of nitrogens with one attached hydrogen (secondary N) is 1. The Bertz CT molecular complexity index is 781. The fourth-order valence-corrected chi connectivity index (χ4v) is 5.21. The first-order valence-corrected chi connectivity index (χ1v) is 10.5. The molecule has 4 rings (SSSR count). The maximum Gasteiger partial charge on any atom is 0.274 e. The van der Waals surface area contributed by atoms with E-state index in [0.29, 0.717) is 23.6 Å². The summed E-state index contributed by atoms with van der Waals surface area (Å²) in [4.78, 5) is 32.0. The van der Waals surface area contributed by atoms with E-state index < -0.39 is 0 Å². The smallest absolute Gasteiger partial charge is 0.274 e. The fourth-order valence-electron chi connectivity index (χ4n) is 5.21. The van der Waals surface area contributed by atoms with E-state index in [9.17, 15) is 9.59 Å². The van der Waals surface area contributed by atoms with Crippen LogP contribution in [-0.4, -0.2) is 85.1 Å². The van der Waals surface area contributed by atoms with Crippen molar-refractivity contribution < 1.29 is 4.79 Å². The van der Waals surface area contributed by atoms with Crippen LogP contribution in [0.5, 0.6) is 0 Å². The summed E-state index contributed by atoms with van der Waals surface area (Å²) in [5, 5.41) is 2.79. The maximum absolute atomic E-state index is 13.0. The molecule has 28 heavy (non-hydrogen) atoms. The second-order valence-corrected chi connectivity index (χ2v) is 9.16. The van der Waals surface area contributed by atoms with Crippen LogP contribution in [0.2, 0.25) is 0 Å². The van der Waals surface area contributed by atoms with Crippen molar-refractivity contribution >= 4 is 11.6 Å². The molecule has 1 amide bonds. The summed E-state index contributed by atoms with van der Waals surface area (Å²) in [5.74, 6) is 0.801. The van der Waals surface area contributed by atoms with Gasteiger partial charge in [0.05, 0.1) is 6.54 Å². The monoisotopic (exact) mass is 387 g/mol. The molecule has 3 aliphatic rings. The normalized spacial score (nSPS) is 26.3. The van der Waals surface area contributed by atoms with E-state index in [4.69, 9.17) is 0 Å². The zero-order valence-electron chi connectivity index (χ0n) is 17.4. The van der Waals surface area contributed by atoms with Gasteiger partial charge in [-0.05, 0) is 71.5 Å². The van der Waals surface area contributed by atoms with Crippen molar-refractivity contribution in [3.63, 3.8) is 0 Å². The molecule has 1 aromatic rings. The third-order valence-corrected chi connectivity index (χ3v) is 6.57. The van der Waals surface area contributed by atoms with Gasteiger partial charge in [-0.25, -0.2) is 0 Å². The molecule has 2 atom stereocenters. The van der Waals surface area contributed by atoms with E-state index in [1.807, 2.05) is 18.7 Å². The van der Waals surface area contributed by atoms with Crippen LogP contribution in [0.3, 0.4) is 0 Å². The van der Waals surface area contributed by atoms with Gasteiger partial charge in [0.2, 0.25) is 5.91 Å². The quantitative estimate of drug-likeness (QED) is 0.831. The lowest BCUT2D eigenvalue weighted by Crippen LogP contribution is -2.53. The van der Waals surface area contributed by atoms with Crippen LogP contribution >= 0.6 is 0 Å². The van der Waals surface area contributed by atoms with Gasteiger partial charge in [0.1, 0.15) is 5.69 Å². The Hall–Kier alpha value is -1.70. The molecule has 2 saturated heterocycles. The molecule has 1 N–H and O–H groups in total. The highest BCUT2D eigenvalue weighted by Crippen LogP contribution is 2.37. The molecule has 2 fully saturated rings. The second kappa shape index (κ2) is 7.97. The molecule has 2 bridgehead atoms. The van der Waals surface area contributed by atoms with Crippen LogP contribution < -0.4 is 10.9 Å². The lowest BCUT2D eigenvalue weighted by Gasteiger charge is -2.47. The zero-order chi connectivity index (χ0) is 19.8. The SMILES string of the molecule is CN(C)CC(=O)Nc1ccc2n(c1=O)CC1CC2CN(C2CCN(C)CC2)C1. The van der Waals surface area contributed by atoms with Crippen molar-refractivity contribution in [2.24, 2.45) is 5.92 Å². The van der Waals surface area contributed by atoms with Gasteiger partial charge in [0.15, 0.2) is 0 Å². The van der Waals surface area contributed by atoms with Gasteiger partial charge in [0.25, 0.3) is 5.56 Å². The maximum atomic E-state index is 13.0. The molecule has 1 aromatic heterocycles. The largest absolute Gasteiger partial charge is 0.320 e. The number of likely N-dealkylation sites (tertiary alicyclic amines) is 2. The first-order chi connectivity index (χ1) is 13.4.